The molecule has 1 atom stereocenters. The first kappa shape index (κ1) is 15.6. The van der Waals surface area contributed by atoms with Gasteiger partial charge in [0.25, 0.3) is 0 Å². The number of rotatable bonds is 2. The fourth-order valence-electron chi connectivity index (χ4n) is 3.33. The number of likely N-dealkylation sites (tertiary alicyclic amines) is 1. The van der Waals surface area contributed by atoms with Crippen LogP contribution in [0.15, 0.2) is 0 Å². The topological polar surface area (TPSA) is 41.6 Å². The van der Waals surface area contributed by atoms with Crippen LogP contribution in [0.3, 0.4) is 0 Å². The monoisotopic (exact) mass is 282 g/mol. The first-order valence-electron chi connectivity index (χ1n) is 7.89. The van der Waals surface area contributed by atoms with Crippen molar-refractivity contribution in [3.63, 3.8) is 0 Å². The molecule has 0 aromatic rings. The summed E-state index contributed by atoms with van der Waals surface area (Å²) in [6, 6.07) is 1.06. The summed E-state index contributed by atoms with van der Waals surface area (Å²) in [5.41, 5.74) is 0.0899. The van der Waals surface area contributed by atoms with E-state index >= 15 is 0 Å². The molecule has 2 aliphatic rings. The summed E-state index contributed by atoms with van der Waals surface area (Å²) in [4.78, 5) is 14.0. The number of carbonyl (C=O) groups is 1. The third kappa shape index (κ3) is 4.37. The van der Waals surface area contributed by atoms with Crippen LogP contribution in [-0.2, 0) is 4.74 Å². The van der Waals surface area contributed by atoms with Gasteiger partial charge in [-0.05, 0) is 51.9 Å². The van der Waals surface area contributed by atoms with Gasteiger partial charge in [-0.25, -0.2) is 4.79 Å². The molecule has 116 valence electrons. The highest BCUT2D eigenvalue weighted by Crippen LogP contribution is 2.40. The van der Waals surface area contributed by atoms with Crippen LogP contribution in [0.25, 0.3) is 0 Å². The van der Waals surface area contributed by atoms with Crippen molar-refractivity contribution in [2.75, 3.05) is 13.1 Å². The molecular formula is C16H30N2O2. The van der Waals surface area contributed by atoms with E-state index in [1.54, 1.807) is 0 Å². The summed E-state index contributed by atoms with van der Waals surface area (Å²) in [6.45, 7) is 12.0. The smallest absolute Gasteiger partial charge is 0.410 e. The molecule has 20 heavy (non-hydrogen) atoms. The lowest BCUT2D eigenvalue weighted by Crippen LogP contribution is -2.55. The molecule has 0 radical (unpaired) electrons. The van der Waals surface area contributed by atoms with Crippen molar-refractivity contribution in [1.82, 2.24) is 10.2 Å². The molecule has 1 amide bonds. The van der Waals surface area contributed by atoms with E-state index in [9.17, 15) is 4.79 Å². The first-order valence-corrected chi connectivity index (χ1v) is 7.89. The van der Waals surface area contributed by atoms with Crippen LogP contribution in [-0.4, -0.2) is 41.8 Å². The highest BCUT2D eigenvalue weighted by molar-refractivity contribution is 5.68. The maximum absolute atomic E-state index is 12.1. The SMILES string of the molecule is CC1(C)CC(NC2CCCN(C(=O)OC(C)(C)C)C2)C1. The molecule has 1 heterocycles. The molecule has 1 aliphatic heterocycles. The number of hydrogen-bond acceptors (Lipinski definition) is 3. The Morgan fingerprint density at radius 2 is 1.90 bits per heavy atom. The van der Waals surface area contributed by atoms with Gasteiger partial charge in [0, 0.05) is 25.2 Å². The van der Waals surface area contributed by atoms with E-state index in [1.165, 1.54) is 12.8 Å². The molecule has 0 aromatic carbocycles. The largest absolute Gasteiger partial charge is 0.444 e. The zero-order chi connectivity index (χ0) is 15.0. The fraction of sp³-hybridized carbons (Fsp3) is 0.938. The molecule has 2 rings (SSSR count). The summed E-state index contributed by atoms with van der Waals surface area (Å²) in [5, 5.41) is 3.71. The first-order chi connectivity index (χ1) is 9.15. The number of ether oxygens (including phenoxy) is 1. The lowest BCUT2D eigenvalue weighted by Gasteiger charge is -2.46. The standard InChI is InChI=1S/C16H30N2O2/c1-15(2,3)20-14(19)18-8-6-7-12(11-18)17-13-9-16(4,5)10-13/h12-13,17H,6-11H2,1-5H3. The van der Waals surface area contributed by atoms with Crippen LogP contribution in [0.1, 0.15) is 60.3 Å². The van der Waals surface area contributed by atoms with E-state index in [4.69, 9.17) is 4.74 Å². The third-order valence-electron chi connectivity index (χ3n) is 4.14. The molecule has 2 fully saturated rings. The molecule has 4 nitrogen and oxygen atoms in total. The zero-order valence-corrected chi connectivity index (χ0v) is 13.7. The molecule has 1 unspecified atom stereocenters. The average Bonchev–Trinajstić information content (AvgIpc) is 2.24. The van der Waals surface area contributed by atoms with Gasteiger partial charge in [0.15, 0.2) is 0 Å². The summed E-state index contributed by atoms with van der Waals surface area (Å²) < 4.78 is 5.46. The third-order valence-corrected chi connectivity index (χ3v) is 4.14. The maximum Gasteiger partial charge on any atom is 0.410 e. The zero-order valence-electron chi connectivity index (χ0n) is 13.7. The molecule has 1 aliphatic carbocycles. The lowest BCUT2D eigenvalue weighted by atomic mass is 9.68. The summed E-state index contributed by atoms with van der Waals surface area (Å²) in [7, 11) is 0. The number of nitrogens with one attached hydrogen (secondary N) is 1. The molecule has 1 saturated carbocycles. The Hall–Kier alpha value is -0.770. The predicted molar refractivity (Wildman–Crippen MR) is 80.8 cm³/mol. The quantitative estimate of drug-likeness (QED) is 0.846. The Morgan fingerprint density at radius 1 is 1.25 bits per heavy atom. The van der Waals surface area contributed by atoms with Crippen LogP contribution in [0.5, 0.6) is 0 Å². The molecular weight excluding hydrogens is 252 g/mol. The number of nitrogens with zero attached hydrogens (tertiary/aromatic N) is 1. The summed E-state index contributed by atoms with van der Waals surface area (Å²) in [5.74, 6) is 0. The van der Waals surface area contributed by atoms with Gasteiger partial charge in [0.2, 0.25) is 0 Å². The van der Waals surface area contributed by atoms with Crippen LogP contribution in [0.2, 0.25) is 0 Å². The van der Waals surface area contributed by atoms with Crippen molar-refractivity contribution in [2.45, 2.75) is 78.0 Å². The summed E-state index contributed by atoms with van der Waals surface area (Å²) >= 11 is 0. The second-order valence-electron chi connectivity index (χ2n) is 8.20. The average molecular weight is 282 g/mol. The van der Waals surface area contributed by atoms with Gasteiger partial charge in [-0.15, -0.1) is 0 Å². The Kier molecular flexibility index (Phi) is 4.33. The van der Waals surface area contributed by atoms with Crippen LogP contribution in [0, 0.1) is 5.41 Å². The Bertz CT molecular complexity index is 352. The van der Waals surface area contributed by atoms with E-state index in [2.05, 4.69) is 19.2 Å². The second-order valence-corrected chi connectivity index (χ2v) is 8.20. The van der Waals surface area contributed by atoms with E-state index in [0.29, 0.717) is 17.5 Å². The summed E-state index contributed by atoms with van der Waals surface area (Å²) in [6.07, 6.45) is 4.55. The molecule has 1 N–H and O–H groups in total. The van der Waals surface area contributed by atoms with Gasteiger partial charge in [0.05, 0.1) is 0 Å². The van der Waals surface area contributed by atoms with Gasteiger partial charge in [-0.2, -0.15) is 0 Å². The van der Waals surface area contributed by atoms with Gasteiger partial charge in [-0.3, -0.25) is 0 Å². The maximum atomic E-state index is 12.1. The Balaban J connectivity index is 1.78. The van der Waals surface area contributed by atoms with Gasteiger partial charge in [0.1, 0.15) is 5.60 Å². The number of carbonyl (C=O) groups excluding carboxylic acids is 1. The molecule has 0 aromatic heterocycles. The van der Waals surface area contributed by atoms with Crippen LogP contribution in [0.4, 0.5) is 4.79 Å². The van der Waals surface area contributed by atoms with E-state index < -0.39 is 5.60 Å². The van der Waals surface area contributed by atoms with Gasteiger partial charge >= 0.3 is 6.09 Å². The van der Waals surface area contributed by atoms with Crippen molar-refractivity contribution in [3.8, 4) is 0 Å². The molecule has 1 saturated heterocycles. The molecule has 0 spiro atoms. The predicted octanol–water partition coefficient (Wildman–Crippen LogP) is 3.16. The fourth-order valence-corrected chi connectivity index (χ4v) is 3.33. The highest BCUT2D eigenvalue weighted by atomic mass is 16.6. The lowest BCUT2D eigenvalue weighted by molar-refractivity contribution is 0.0160. The van der Waals surface area contributed by atoms with E-state index in [0.717, 1.165) is 25.9 Å². The minimum Gasteiger partial charge on any atom is -0.444 e. The van der Waals surface area contributed by atoms with E-state index in [-0.39, 0.29) is 6.09 Å². The molecule has 0 bridgehead atoms. The van der Waals surface area contributed by atoms with Crippen molar-refractivity contribution < 1.29 is 9.53 Å². The number of piperidine rings is 1. The Morgan fingerprint density at radius 3 is 2.45 bits per heavy atom. The minimum absolute atomic E-state index is 0.169. The second kappa shape index (κ2) is 5.55. The van der Waals surface area contributed by atoms with Crippen molar-refractivity contribution >= 4 is 6.09 Å². The number of amides is 1. The minimum atomic E-state index is -0.407. The van der Waals surface area contributed by atoms with Crippen LogP contribution < -0.4 is 5.32 Å². The van der Waals surface area contributed by atoms with Crippen molar-refractivity contribution in [1.29, 1.82) is 0 Å². The number of hydrogen-bond donors (Lipinski definition) is 1. The van der Waals surface area contributed by atoms with Crippen LogP contribution >= 0.6 is 0 Å². The van der Waals surface area contributed by atoms with Crippen molar-refractivity contribution in [3.05, 3.63) is 0 Å². The normalized spacial score (nSPS) is 27.1. The highest BCUT2D eigenvalue weighted by Gasteiger charge is 2.38. The van der Waals surface area contributed by atoms with E-state index in [1.807, 2.05) is 25.7 Å². The van der Waals surface area contributed by atoms with Gasteiger partial charge < -0.3 is 15.0 Å². The van der Waals surface area contributed by atoms with Crippen molar-refractivity contribution in [2.24, 2.45) is 5.41 Å². The van der Waals surface area contributed by atoms with Gasteiger partial charge in [-0.1, -0.05) is 13.8 Å². The molecule has 4 heteroatoms. The Labute approximate surface area is 123 Å².